The van der Waals surface area contributed by atoms with Gasteiger partial charge in [0.05, 0.1) is 22.8 Å². The van der Waals surface area contributed by atoms with Gasteiger partial charge in [-0.2, -0.15) is 18.3 Å². The van der Waals surface area contributed by atoms with Crippen molar-refractivity contribution in [3.8, 4) is 11.1 Å². The van der Waals surface area contributed by atoms with E-state index in [1.54, 1.807) is 23.1 Å². The molecule has 0 aliphatic carbocycles. The predicted molar refractivity (Wildman–Crippen MR) is 101 cm³/mol. The van der Waals surface area contributed by atoms with Crippen LogP contribution in [-0.2, 0) is 6.18 Å². The van der Waals surface area contributed by atoms with E-state index in [0.29, 0.717) is 17.5 Å². The van der Waals surface area contributed by atoms with E-state index >= 15 is 0 Å². The van der Waals surface area contributed by atoms with E-state index in [9.17, 15) is 18.0 Å². The van der Waals surface area contributed by atoms with Crippen molar-refractivity contribution in [2.75, 3.05) is 11.4 Å². The number of hydrogen-bond donors (Lipinski definition) is 0. The second kappa shape index (κ2) is 6.84. The number of aromatic nitrogens is 4. The summed E-state index contributed by atoms with van der Waals surface area (Å²) in [5.74, 6) is -0.349. The molecule has 1 amide bonds. The minimum Gasteiger partial charge on any atom is -0.289 e. The summed E-state index contributed by atoms with van der Waals surface area (Å²) in [5, 5.41) is 3.83. The molecule has 0 spiro atoms. The summed E-state index contributed by atoms with van der Waals surface area (Å²) in [5.41, 5.74) is 1.48. The molecule has 0 bridgehead atoms. The summed E-state index contributed by atoms with van der Waals surface area (Å²) in [7, 11) is 0. The topological polar surface area (TPSA) is 63.9 Å². The van der Waals surface area contributed by atoms with Gasteiger partial charge in [-0.1, -0.05) is 11.6 Å². The van der Waals surface area contributed by atoms with E-state index < -0.39 is 22.7 Å². The minimum absolute atomic E-state index is 0.0594. The van der Waals surface area contributed by atoms with Crippen LogP contribution in [0.1, 0.15) is 34.7 Å². The molecule has 4 heterocycles. The van der Waals surface area contributed by atoms with Gasteiger partial charge in [-0.15, -0.1) is 0 Å². The van der Waals surface area contributed by atoms with Gasteiger partial charge in [-0.05, 0) is 31.5 Å². The number of hydrogen-bond acceptors (Lipinski definition) is 4. The number of rotatable bonds is 2. The zero-order chi connectivity index (χ0) is 20.9. The van der Waals surface area contributed by atoms with Crippen LogP contribution in [0.5, 0.6) is 0 Å². The highest BCUT2D eigenvalue weighted by Gasteiger charge is 2.37. The zero-order valence-corrected chi connectivity index (χ0v) is 16.2. The Kier molecular flexibility index (Phi) is 4.57. The lowest BCUT2D eigenvalue weighted by molar-refractivity contribution is -0.137. The maximum atomic E-state index is 13.2. The first-order valence-electron chi connectivity index (χ1n) is 8.72. The molecule has 0 N–H and O–H groups in total. The maximum absolute atomic E-state index is 13.2. The summed E-state index contributed by atoms with van der Waals surface area (Å²) in [6, 6.07) is 4.47. The van der Waals surface area contributed by atoms with Crippen molar-refractivity contribution in [1.29, 1.82) is 0 Å². The van der Waals surface area contributed by atoms with E-state index in [0.717, 1.165) is 17.3 Å². The molecule has 0 fully saturated rings. The average molecular weight is 422 g/mol. The Bertz CT molecular complexity index is 1110. The summed E-state index contributed by atoms with van der Waals surface area (Å²) >= 11 is 5.82. The van der Waals surface area contributed by atoms with Crippen LogP contribution >= 0.6 is 11.6 Å². The number of nitrogens with zero attached hydrogens (tertiary/aromatic N) is 5. The normalized spacial score (nSPS) is 16.8. The molecule has 3 aromatic heterocycles. The average Bonchev–Trinajstić information content (AvgIpc) is 3.09. The van der Waals surface area contributed by atoms with Crippen molar-refractivity contribution >= 4 is 23.3 Å². The van der Waals surface area contributed by atoms with Gasteiger partial charge in [0.1, 0.15) is 11.5 Å². The fourth-order valence-electron chi connectivity index (χ4n) is 3.36. The minimum atomic E-state index is -4.62. The molecule has 4 rings (SSSR count). The standard InChI is InChI=1S/C19H15ClF3N5O/c1-10-5-12(3-4-24-10)13-7-26-28-11(2)9-27(18(29)17(13)28)16-6-15(20)14(8-25-16)19(21,22)23/h3-8,11H,9H2,1-2H3/t11-/m0/s1. The first-order valence-corrected chi connectivity index (χ1v) is 9.09. The molecule has 6 nitrogen and oxygen atoms in total. The number of aryl methyl sites for hydroxylation is 1. The monoisotopic (exact) mass is 421 g/mol. The lowest BCUT2D eigenvalue weighted by atomic mass is 10.0. The zero-order valence-electron chi connectivity index (χ0n) is 15.4. The Morgan fingerprint density at radius 2 is 1.97 bits per heavy atom. The van der Waals surface area contributed by atoms with Gasteiger partial charge < -0.3 is 0 Å². The van der Waals surface area contributed by atoms with E-state index in [-0.39, 0.29) is 18.4 Å². The van der Waals surface area contributed by atoms with Crippen LogP contribution in [0.15, 0.2) is 36.8 Å². The third-order valence-electron chi connectivity index (χ3n) is 4.74. The third-order valence-corrected chi connectivity index (χ3v) is 5.05. The van der Waals surface area contributed by atoms with Crippen molar-refractivity contribution in [2.24, 2.45) is 0 Å². The second-order valence-corrected chi connectivity index (χ2v) is 7.23. The molecule has 1 aliphatic rings. The van der Waals surface area contributed by atoms with Crippen molar-refractivity contribution in [1.82, 2.24) is 19.7 Å². The number of carbonyl (C=O) groups excluding carboxylic acids is 1. The van der Waals surface area contributed by atoms with Crippen molar-refractivity contribution in [3.05, 3.63) is 58.8 Å². The van der Waals surface area contributed by atoms with Crippen molar-refractivity contribution in [3.63, 3.8) is 0 Å². The molecular formula is C19H15ClF3N5O. The molecule has 3 aromatic rings. The van der Waals surface area contributed by atoms with Gasteiger partial charge in [0.15, 0.2) is 0 Å². The molecule has 0 saturated carbocycles. The number of anilines is 1. The van der Waals surface area contributed by atoms with Gasteiger partial charge >= 0.3 is 6.18 Å². The van der Waals surface area contributed by atoms with Crippen LogP contribution in [0.25, 0.3) is 11.1 Å². The predicted octanol–water partition coefficient (Wildman–Crippen LogP) is 4.54. The Morgan fingerprint density at radius 3 is 2.62 bits per heavy atom. The number of carbonyl (C=O) groups is 1. The lowest BCUT2D eigenvalue weighted by Gasteiger charge is -2.31. The summed E-state index contributed by atoms with van der Waals surface area (Å²) in [4.78, 5) is 22.6. The van der Waals surface area contributed by atoms with Crippen LogP contribution in [0.3, 0.4) is 0 Å². The van der Waals surface area contributed by atoms with Gasteiger partial charge in [-0.25, -0.2) is 4.98 Å². The van der Waals surface area contributed by atoms with E-state index in [1.807, 2.05) is 19.9 Å². The number of amides is 1. The molecule has 0 saturated heterocycles. The quantitative estimate of drug-likeness (QED) is 0.609. The number of halogens is 4. The fraction of sp³-hybridized carbons (Fsp3) is 0.263. The Hall–Kier alpha value is -2.94. The molecule has 1 aliphatic heterocycles. The number of pyridine rings is 2. The van der Waals surface area contributed by atoms with E-state index in [4.69, 9.17) is 11.6 Å². The maximum Gasteiger partial charge on any atom is 0.419 e. The SMILES string of the molecule is Cc1cc(-c2cnn3c2C(=O)N(c2cc(Cl)c(C(F)(F)F)cn2)C[C@@H]3C)ccn1. The Balaban J connectivity index is 1.77. The highest BCUT2D eigenvalue weighted by atomic mass is 35.5. The van der Waals surface area contributed by atoms with Crippen LogP contribution in [0, 0.1) is 6.92 Å². The number of alkyl halides is 3. The molecule has 150 valence electrons. The Labute approximate surface area is 168 Å². The van der Waals surface area contributed by atoms with E-state index in [1.165, 1.54) is 4.90 Å². The molecular weight excluding hydrogens is 407 g/mol. The first kappa shape index (κ1) is 19.4. The van der Waals surface area contributed by atoms with Gasteiger partial charge in [-0.3, -0.25) is 19.4 Å². The third kappa shape index (κ3) is 3.35. The van der Waals surface area contributed by atoms with Gasteiger partial charge in [0.2, 0.25) is 0 Å². The molecule has 0 unspecified atom stereocenters. The molecule has 1 atom stereocenters. The molecule has 0 radical (unpaired) electrons. The van der Waals surface area contributed by atoms with Crippen LogP contribution in [0.4, 0.5) is 19.0 Å². The van der Waals surface area contributed by atoms with Gasteiger partial charge in [0, 0.05) is 36.3 Å². The van der Waals surface area contributed by atoms with Gasteiger partial charge in [0.25, 0.3) is 5.91 Å². The molecule has 10 heteroatoms. The fourth-order valence-corrected chi connectivity index (χ4v) is 3.61. The second-order valence-electron chi connectivity index (χ2n) is 6.82. The molecule has 0 aromatic carbocycles. The number of fused-ring (bicyclic) bond motifs is 1. The van der Waals surface area contributed by atoms with Crippen LogP contribution in [0.2, 0.25) is 5.02 Å². The van der Waals surface area contributed by atoms with Crippen molar-refractivity contribution < 1.29 is 18.0 Å². The Morgan fingerprint density at radius 1 is 1.21 bits per heavy atom. The highest BCUT2D eigenvalue weighted by molar-refractivity contribution is 6.31. The van der Waals surface area contributed by atoms with Crippen LogP contribution in [-0.4, -0.2) is 32.2 Å². The molecule has 29 heavy (non-hydrogen) atoms. The van der Waals surface area contributed by atoms with E-state index in [2.05, 4.69) is 15.1 Å². The summed E-state index contributed by atoms with van der Waals surface area (Å²) < 4.78 is 40.5. The highest BCUT2D eigenvalue weighted by Crippen LogP contribution is 2.37. The summed E-state index contributed by atoms with van der Waals surface area (Å²) in [6.07, 6.45) is -0.725. The van der Waals surface area contributed by atoms with Crippen molar-refractivity contribution in [2.45, 2.75) is 26.1 Å². The summed E-state index contributed by atoms with van der Waals surface area (Å²) in [6.45, 7) is 3.91. The smallest absolute Gasteiger partial charge is 0.289 e. The largest absolute Gasteiger partial charge is 0.419 e. The lowest BCUT2D eigenvalue weighted by Crippen LogP contribution is -2.43. The van der Waals surface area contributed by atoms with Crippen LogP contribution < -0.4 is 4.90 Å². The first-order chi connectivity index (χ1) is 13.7.